The normalized spacial score (nSPS) is 14.0. The van der Waals surface area contributed by atoms with Crippen molar-refractivity contribution in [2.24, 2.45) is 5.73 Å². The summed E-state index contributed by atoms with van der Waals surface area (Å²) in [7, 11) is 0. The van der Waals surface area contributed by atoms with E-state index in [-0.39, 0.29) is 11.8 Å². The predicted octanol–water partition coefficient (Wildman–Crippen LogP) is 2.59. The Labute approximate surface area is 111 Å². The van der Waals surface area contributed by atoms with E-state index in [2.05, 4.69) is 0 Å². The summed E-state index contributed by atoms with van der Waals surface area (Å²) in [5, 5.41) is 0. The number of thioether (sulfide) groups is 1. The molecule has 0 aliphatic rings. The molecule has 18 heavy (non-hydrogen) atoms. The molecule has 100 valence electrons. The fourth-order valence-electron chi connectivity index (χ4n) is 1.31. The van der Waals surface area contributed by atoms with E-state index in [4.69, 9.17) is 10.5 Å². The first-order valence-corrected chi connectivity index (χ1v) is 6.79. The van der Waals surface area contributed by atoms with E-state index in [0.29, 0.717) is 18.8 Å². The van der Waals surface area contributed by atoms with Crippen LogP contribution in [-0.2, 0) is 9.53 Å². The second-order valence-corrected chi connectivity index (χ2v) is 5.36. The summed E-state index contributed by atoms with van der Waals surface area (Å²) in [5.74, 6) is 0.0384. The minimum atomic E-state index is -0.969. The number of rotatable bonds is 6. The van der Waals surface area contributed by atoms with Crippen LogP contribution in [0.2, 0.25) is 0 Å². The van der Waals surface area contributed by atoms with Crippen molar-refractivity contribution >= 4 is 17.7 Å². The number of halogens is 1. The Balaban J connectivity index is 2.41. The van der Waals surface area contributed by atoms with Gasteiger partial charge in [-0.05, 0) is 44.5 Å². The van der Waals surface area contributed by atoms with E-state index in [0.717, 1.165) is 4.90 Å². The molecule has 0 radical (unpaired) electrons. The molecule has 3 nitrogen and oxygen atoms in total. The van der Waals surface area contributed by atoms with E-state index >= 15 is 0 Å². The number of carbonyl (C=O) groups is 1. The summed E-state index contributed by atoms with van der Waals surface area (Å²) in [5.41, 5.74) is 4.92. The van der Waals surface area contributed by atoms with Gasteiger partial charge in [0.2, 0.25) is 0 Å². The van der Waals surface area contributed by atoms with Crippen molar-refractivity contribution in [3.63, 3.8) is 0 Å². The van der Waals surface area contributed by atoms with Gasteiger partial charge in [0.25, 0.3) is 0 Å². The SMILES string of the molecule is CCOC(=O)C(C)(N)CCSc1ccc(F)cc1. The van der Waals surface area contributed by atoms with Crippen LogP contribution in [0.1, 0.15) is 20.3 Å². The molecule has 0 saturated carbocycles. The summed E-state index contributed by atoms with van der Waals surface area (Å²) in [6.45, 7) is 3.74. The van der Waals surface area contributed by atoms with Crippen LogP contribution in [0.5, 0.6) is 0 Å². The molecular formula is C13H18FNO2S. The van der Waals surface area contributed by atoms with Gasteiger partial charge < -0.3 is 10.5 Å². The Kier molecular flexibility index (Phi) is 5.62. The van der Waals surface area contributed by atoms with Crippen LogP contribution in [-0.4, -0.2) is 23.9 Å². The van der Waals surface area contributed by atoms with Crippen LogP contribution >= 0.6 is 11.8 Å². The summed E-state index contributed by atoms with van der Waals surface area (Å²) < 4.78 is 17.6. The zero-order chi connectivity index (χ0) is 13.6. The van der Waals surface area contributed by atoms with Crippen molar-refractivity contribution in [2.75, 3.05) is 12.4 Å². The summed E-state index contributed by atoms with van der Waals surface area (Å²) >= 11 is 1.54. The van der Waals surface area contributed by atoms with Gasteiger partial charge in [-0.15, -0.1) is 11.8 Å². The number of hydrogen-bond acceptors (Lipinski definition) is 4. The van der Waals surface area contributed by atoms with Gasteiger partial charge in [-0.25, -0.2) is 4.39 Å². The molecule has 1 rings (SSSR count). The molecule has 1 aromatic rings. The largest absolute Gasteiger partial charge is 0.465 e. The minimum absolute atomic E-state index is 0.255. The van der Waals surface area contributed by atoms with Crippen molar-refractivity contribution in [1.82, 2.24) is 0 Å². The predicted molar refractivity (Wildman–Crippen MR) is 71.0 cm³/mol. The van der Waals surface area contributed by atoms with Gasteiger partial charge in [0.1, 0.15) is 11.4 Å². The smallest absolute Gasteiger partial charge is 0.325 e. The number of hydrogen-bond donors (Lipinski definition) is 1. The van der Waals surface area contributed by atoms with Gasteiger partial charge in [-0.2, -0.15) is 0 Å². The topological polar surface area (TPSA) is 52.3 Å². The zero-order valence-electron chi connectivity index (χ0n) is 10.6. The van der Waals surface area contributed by atoms with E-state index in [1.54, 1.807) is 26.0 Å². The van der Waals surface area contributed by atoms with Gasteiger partial charge in [0.15, 0.2) is 0 Å². The van der Waals surface area contributed by atoms with Crippen molar-refractivity contribution in [3.8, 4) is 0 Å². The summed E-state index contributed by atoms with van der Waals surface area (Å²) in [6, 6.07) is 6.24. The quantitative estimate of drug-likeness (QED) is 0.638. The standard InChI is InChI=1S/C13H18FNO2S/c1-3-17-12(16)13(2,15)8-9-18-11-6-4-10(14)5-7-11/h4-7H,3,8-9,15H2,1-2H3. The fourth-order valence-corrected chi connectivity index (χ4v) is 2.40. The van der Waals surface area contributed by atoms with Crippen molar-refractivity contribution in [1.29, 1.82) is 0 Å². The van der Waals surface area contributed by atoms with E-state index in [9.17, 15) is 9.18 Å². The lowest BCUT2D eigenvalue weighted by atomic mass is 10.0. The third-order valence-electron chi connectivity index (χ3n) is 2.45. The first kappa shape index (κ1) is 15.0. The first-order valence-electron chi connectivity index (χ1n) is 5.80. The molecular weight excluding hydrogens is 253 g/mol. The molecule has 1 atom stereocenters. The van der Waals surface area contributed by atoms with Crippen LogP contribution in [0, 0.1) is 5.82 Å². The molecule has 0 bridgehead atoms. The Bertz CT molecular complexity index is 392. The Hall–Kier alpha value is -1.07. The second kappa shape index (κ2) is 6.75. The molecule has 5 heteroatoms. The van der Waals surface area contributed by atoms with E-state index in [1.165, 1.54) is 23.9 Å². The number of esters is 1. The molecule has 1 aromatic carbocycles. The Morgan fingerprint density at radius 1 is 1.44 bits per heavy atom. The van der Waals surface area contributed by atoms with Gasteiger partial charge in [-0.3, -0.25) is 4.79 Å². The molecule has 1 unspecified atom stereocenters. The molecule has 0 aromatic heterocycles. The maximum Gasteiger partial charge on any atom is 0.325 e. The Morgan fingerprint density at radius 3 is 2.61 bits per heavy atom. The molecule has 0 aliphatic heterocycles. The zero-order valence-corrected chi connectivity index (χ0v) is 11.4. The monoisotopic (exact) mass is 271 g/mol. The lowest BCUT2D eigenvalue weighted by Gasteiger charge is -2.21. The molecule has 0 fully saturated rings. The number of carbonyl (C=O) groups excluding carboxylic acids is 1. The molecule has 0 heterocycles. The molecule has 0 saturated heterocycles. The highest BCUT2D eigenvalue weighted by Gasteiger charge is 2.29. The number of ether oxygens (including phenoxy) is 1. The van der Waals surface area contributed by atoms with Crippen LogP contribution in [0.15, 0.2) is 29.2 Å². The highest BCUT2D eigenvalue weighted by atomic mass is 32.2. The van der Waals surface area contributed by atoms with E-state index < -0.39 is 5.54 Å². The van der Waals surface area contributed by atoms with Gasteiger partial charge in [-0.1, -0.05) is 0 Å². The maximum atomic E-state index is 12.7. The minimum Gasteiger partial charge on any atom is -0.465 e. The third kappa shape index (κ3) is 4.66. The van der Waals surface area contributed by atoms with Gasteiger partial charge >= 0.3 is 5.97 Å². The highest BCUT2D eigenvalue weighted by Crippen LogP contribution is 2.21. The number of nitrogens with two attached hydrogens (primary N) is 1. The highest BCUT2D eigenvalue weighted by molar-refractivity contribution is 7.99. The van der Waals surface area contributed by atoms with Crippen LogP contribution in [0.25, 0.3) is 0 Å². The summed E-state index contributed by atoms with van der Waals surface area (Å²) in [6.07, 6.45) is 0.508. The van der Waals surface area contributed by atoms with Crippen molar-refractivity contribution < 1.29 is 13.9 Å². The van der Waals surface area contributed by atoms with Crippen LogP contribution < -0.4 is 5.73 Å². The second-order valence-electron chi connectivity index (χ2n) is 4.19. The average Bonchev–Trinajstić information content (AvgIpc) is 2.32. The molecule has 0 amide bonds. The van der Waals surface area contributed by atoms with E-state index in [1.807, 2.05) is 0 Å². The lowest BCUT2D eigenvalue weighted by molar-refractivity contribution is -0.149. The molecule has 0 spiro atoms. The van der Waals surface area contributed by atoms with Crippen LogP contribution in [0.3, 0.4) is 0 Å². The maximum absolute atomic E-state index is 12.7. The van der Waals surface area contributed by atoms with Crippen molar-refractivity contribution in [3.05, 3.63) is 30.1 Å². The Morgan fingerprint density at radius 2 is 2.06 bits per heavy atom. The fraction of sp³-hybridized carbons (Fsp3) is 0.462. The van der Waals surface area contributed by atoms with Crippen LogP contribution in [0.4, 0.5) is 4.39 Å². The van der Waals surface area contributed by atoms with Gasteiger partial charge in [0, 0.05) is 10.6 Å². The molecule has 2 N–H and O–H groups in total. The third-order valence-corrected chi connectivity index (χ3v) is 3.46. The first-order chi connectivity index (χ1) is 8.45. The van der Waals surface area contributed by atoms with Gasteiger partial charge in [0.05, 0.1) is 6.61 Å². The summed E-state index contributed by atoms with van der Waals surface area (Å²) in [4.78, 5) is 12.5. The van der Waals surface area contributed by atoms with Crippen molar-refractivity contribution in [2.45, 2.75) is 30.7 Å². The number of benzene rings is 1. The average molecular weight is 271 g/mol. The molecule has 0 aliphatic carbocycles. The lowest BCUT2D eigenvalue weighted by Crippen LogP contribution is -2.46.